The number of nitrogens with two attached hydrogens (primary N) is 1. The summed E-state index contributed by atoms with van der Waals surface area (Å²) in [6, 6.07) is 2.20. The summed E-state index contributed by atoms with van der Waals surface area (Å²) in [5.41, 5.74) is 5.95. The van der Waals surface area contributed by atoms with E-state index >= 15 is 0 Å². The number of carbonyl (C=O) groups is 1. The molecule has 1 aromatic heterocycles. The van der Waals surface area contributed by atoms with Crippen molar-refractivity contribution in [3.63, 3.8) is 0 Å². The molecule has 2 fully saturated rings. The summed E-state index contributed by atoms with van der Waals surface area (Å²) in [5.74, 6) is 0.771. The molecule has 0 spiro atoms. The molecular formula is C12H19N5O. The van der Waals surface area contributed by atoms with E-state index in [9.17, 15) is 4.79 Å². The van der Waals surface area contributed by atoms with Gasteiger partial charge in [0, 0.05) is 25.2 Å². The van der Waals surface area contributed by atoms with Crippen molar-refractivity contribution in [1.29, 1.82) is 0 Å². The molecule has 1 amide bonds. The first-order chi connectivity index (χ1) is 8.75. The molecule has 1 aliphatic heterocycles. The Bertz CT molecular complexity index is 439. The van der Waals surface area contributed by atoms with E-state index in [2.05, 4.69) is 15.7 Å². The number of nitrogens with zero attached hydrogens (tertiary/aromatic N) is 2. The Hall–Kier alpha value is -1.40. The lowest BCUT2D eigenvalue weighted by atomic mass is 10.0. The summed E-state index contributed by atoms with van der Waals surface area (Å²) in [4.78, 5) is 12.2. The van der Waals surface area contributed by atoms with Crippen molar-refractivity contribution in [3.05, 3.63) is 12.3 Å². The second-order valence-electron chi connectivity index (χ2n) is 5.16. The summed E-state index contributed by atoms with van der Waals surface area (Å²) < 4.78 is 1.88. The number of nitrogens with one attached hydrogen (secondary N) is 2. The van der Waals surface area contributed by atoms with Gasteiger partial charge in [0.1, 0.15) is 5.82 Å². The molecule has 1 aliphatic carbocycles. The van der Waals surface area contributed by atoms with Crippen LogP contribution < -0.4 is 16.4 Å². The molecule has 6 heteroatoms. The molecule has 18 heavy (non-hydrogen) atoms. The van der Waals surface area contributed by atoms with E-state index in [1.807, 2.05) is 10.7 Å². The number of carbonyl (C=O) groups excluding carboxylic acids is 1. The number of amides is 1. The minimum absolute atomic E-state index is 0.00624. The smallest absolute Gasteiger partial charge is 0.230 e. The minimum atomic E-state index is -0.0483. The molecule has 0 unspecified atom stereocenters. The fourth-order valence-electron chi connectivity index (χ4n) is 2.68. The number of aromatic nitrogens is 2. The Labute approximate surface area is 106 Å². The highest BCUT2D eigenvalue weighted by Crippen LogP contribution is 2.26. The number of hydrogen-bond donors (Lipinski definition) is 3. The summed E-state index contributed by atoms with van der Waals surface area (Å²) >= 11 is 0. The maximum absolute atomic E-state index is 12.2. The summed E-state index contributed by atoms with van der Waals surface area (Å²) in [5, 5.41) is 10.4. The maximum Gasteiger partial charge on any atom is 0.230 e. The van der Waals surface area contributed by atoms with E-state index < -0.39 is 0 Å². The average molecular weight is 249 g/mol. The third kappa shape index (κ3) is 2.02. The van der Waals surface area contributed by atoms with Crippen LogP contribution >= 0.6 is 0 Å². The lowest BCUT2D eigenvalue weighted by molar-refractivity contribution is -0.120. The lowest BCUT2D eigenvalue weighted by Gasteiger charge is -2.29. The second kappa shape index (κ2) is 4.70. The van der Waals surface area contributed by atoms with Crippen molar-refractivity contribution in [2.45, 2.75) is 31.3 Å². The van der Waals surface area contributed by atoms with Crippen LogP contribution in [0.1, 0.15) is 25.3 Å². The van der Waals surface area contributed by atoms with Gasteiger partial charge in [-0.2, -0.15) is 5.10 Å². The van der Waals surface area contributed by atoms with Crippen LogP contribution in [0, 0.1) is 5.92 Å². The highest BCUT2D eigenvalue weighted by molar-refractivity contribution is 5.92. The highest BCUT2D eigenvalue weighted by atomic mass is 16.2. The normalized spacial score (nSPS) is 28.1. The predicted octanol–water partition coefficient (Wildman–Crippen LogP) is 0.0933. The molecule has 98 valence electrons. The van der Waals surface area contributed by atoms with Crippen LogP contribution in [0.4, 0.5) is 5.82 Å². The fraction of sp³-hybridized carbons (Fsp3) is 0.667. The summed E-state index contributed by atoms with van der Waals surface area (Å²) in [6.45, 7) is 1.82. The topological polar surface area (TPSA) is 85.0 Å². The van der Waals surface area contributed by atoms with Gasteiger partial charge in [-0.15, -0.1) is 0 Å². The zero-order valence-corrected chi connectivity index (χ0v) is 10.3. The monoisotopic (exact) mass is 249 g/mol. The van der Waals surface area contributed by atoms with Crippen LogP contribution in [0.15, 0.2) is 12.3 Å². The van der Waals surface area contributed by atoms with Gasteiger partial charge in [0.25, 0.3) is 0 Å². The van der Waals surface area contributed by atoms with Crippen molar-refractivity contribution >= 4 is 11.7 Å². The van der Waals surface area contributed by atoms with Gasteiger partial charge in [0.15, 0.2) is 0 Å². The molecule has 2 heterocycles. The lowest BCUT2D eigenvalue weighted by Crippen LogP contribution is -2.44. The van der Waals surface area contributed by atoms with Crippen LogP contribution in [0.5, 0.6) is 0 Å². The van der Waals surface area contributed by atoms with E-state index in [1.54, 1.807) is 6.20 Å². The predicted molar refractivity (Wildman–Crippen MR) is 68.1 cm³/mol. The van der Waals surface area contributed by atoms with Crippen molar-refractivity contribution < 1.29 is 4.79 Å². The van der Waals surface area contributed by atoms with Gasteiger partial charge in [-0.05, 0) is 12.8 Å². The first-order valence-electron chi connectivity index (χ1n) is 6.56. The van der Waals surface area contributed by atoms with E-state index in [4.69, 9.17) is 5.73 Å². The van der Waals surface area contributed by atoms with Gasteiger partial charge < -0.3 is 16.4 Å². The number of rotatable bonds is 3. The van der Waals surface area contributed by atoms with Gasteiger partial charge in [-0.25, -0.2) is 4.68 Å². The van der Waals surface area contributed by atoms with Gasteiger partial charge >= 0.3 is 0 Å². The third-order valence-corrected chi connectivity index (χ3v) is 3.93. The Kier molecular flexibility index (Phi) is 3.05. The van der Waals surface area contributed by atoms with Crippen molar-refractivity contribution in [3.8, 4) is 0 Å². The standard InChI is InChI=1S/C12H19N5O/c13-10-3-1-2-9(10)12(18)16-11-4-5-15-17(11)8-6-14-7-8/h4-5,8-10,14H,1-3,6-7,13H2,(H,16,18)/t9-,10+/m1/s1. The SMILES string of the molecule is N[C@H]1CCC[C@H]1C(=O)Nc1ccnn1C1CNC1. The van der Waals surface area contributed by atoms with Gasteiger partial charge in [-0.1, -0.05) is 6.42 Å². The molecule has 1 aromatic rings. The molecular weight excluding hydrogens is 230 g/mol. The van der Waals surface area contributed by atoms with Gasteiger partial charge in [0.2, 0.25) is 5.91 Å². The first-order valence-corrected chi connectivity index (χ1v) is 6.56. The molecule has 6 nitrogen and oxygen atoms in total. The summed E-state index contributed by atoms with van der Waals surface area (Å²) in [6.07, 6.45) is 4.61. The first kappa shape index (κ1) is 11.7. The van der Waals surface area contributed by atoms with E-state index in [1.165, 1.54) is 0 Å². The Morgan fingerprint density at radius 2 is 2.33 bits per heavy atom. The molecule has 0 radical (unpaired) electrons. The molecule has 4 N–H and O–H groups in total. The zero-order chi connectivity index (χ0) is 12.5. The van der Waals surface area contributed by atoms with Crippen LogP contribution in [-0.4, -0.2) is 34.8 Å². The second-order valence-corrected chi connectivity index (χ2v) is 5.16. The van der Waals surface area contributed by atoms with Gasteiger partial charge in [0.05, 0.1) is 18.2 Å². The number of anilines is 1. The maximum atomic E-state index is 12.2. The van der Waals surface area contributed by atoms with Crippen molar-refractivity contribution in [1.82, 2.24) is 15.1 Å². The van der Waals surface area contributed by atoms with Crippen molar-refractivity contribution in [2.24, 2.45) is 11.7 Å². The zero-order valence-electron chi connectivity index (χ0n) is 10.3. The Balaban J connectivity index is 1.68. The van der Waals surface area contributed by atoms with Crippen LogP contribution in [0.25, 0.3) is 0 Å². The molecule has 1 saturated carbocycles. The quantitative estimate of drug-likeness (QED) is 0.709. The Morgan fingerprint density at radius 3 is 2.94 bits per heavy atom. The molecule has 2 atom stereocenters. The van der Waals surface area contributed by atoms with E-state index in [0.717, 1.165) is 38.2 Å². The van der Waals surface area contributed by atoms with Gasteiger partial charge in [-0.3, -0.25) is 4.79 Å². The fourth-order valence-corrected chi connectivity index (χ4v) is 2.68. The van der Waals surface area contributed by atoms with Crippen LogP contribution in [0.3, 0.4) is 0 Å². The van der Waals surface area contributed by atoms with Crippen LogP contribution in [0.2, 0.25) is 0 Å². The molecule has 0 bridgehead atoms. The molecule has 0 aromatic carbocycles. The van der Waals surface area contributed by atoms with E-state index in [-0.39, 0.29) is 17.9 Å². The number of hydrogen-bond acceptors (Lipinski definition) is 4. The molecule has 2 aliphatic rings. The minimum Gasteiger partial charge on any atom is -0.327 e. The molecule has 1 saturated heterocycles. The van der Waals surface area contributed by atoms with E-state index in [0.29, 0.717) is 6.04 Å². The third-order valence-electron chi connectivity index (χ3n) is 3.93. The van der Waals surface area contributed by atoms with Crippen molar-refractivity contribution in [2.75, 3.05) is 18.4 Å². The Morgan fingerprint density at radius 1 is 1.50 bits per heavy atom. The highest BCUT2D eigenvalue weighted by Gasteiger charge is 2.31. The van der Waals surface area contributed by atoms with Crippen LogP contribution in [-0.2, 0) is 4.79 Å². The average Bonchev–Trinajstić information content (AvgIpc) is 2.86. The molecule has 3 rings (SSSR count). The summed E-state index contributed by atoms with van der Waals surface area (Å²) in [7, 11) is 0. The largest absolute Gasteiger partial charge is 0.327 e.